The minimum absolute atomic E-state index is 0. The van der Waals surface area contributed by atoms with Gasteiger partial charge in [0, 0.05) is 80.4 Å². The summed E-state index contributed by atoms with van der Waals surface area (Å²) < 4.78 is 9.42. The van der Waals surface area contributed by atoms with Crippen molar-refractivity contribution < 1.29 is 25.8 Å². The van der Waals surface area contributed by atoms with Crippen LogP contribution in [0.15, 0.2) is 195 Å². The normalized spacial score (nSPS) is 18.2. The van der Waals surface area contributed by atoms with Gasteiger partial charge < -0.3 is 29.7 Å². The Kier molecular flexibility index (Phi) is 17.8. The third kappa shape index (κ3) is 13.2. The van der Waals surface area contributed by atoms with Gasteiger partial charge in [0.15, 0.2) is 14.6 Å². The van der Waals surface area contributed by atoms with E-state index in [1.165, 1.54) is 27.8 Å². The maximum absolute atomic E-state index is 7.19. The molecule has 0 atom stereocenters. The summed E-state index contributed by atoms with van der Waals surface area (Å²) >= 11 is 0. The monoisotopic (exact) mass is 1340 g/mol. The van der Waals surface area contributed by atoms with Gasteiger partial charge in [-0.3, -0.25) is 4.98 Å². The zero-order valence-electron chi connectivity index (χ0n) is 53.7. The number of aromatic nitrogens is 3. The summed E-state index contributed by atoms with van der Waals surface area (Å²) in [6.07, 6.45) is 26.4. The first-order valence-corrected chi connectivity index (χ1v) is 30.4. The van der Waals surface area contributed by atoms with Crippen LogP contribution in [0, 0.1) is 18.8 Å². The van der Waals surface area contributed by atoms with Gasteiger partial charge in [0.2, 0.25) is 0 Å². The van der Waals surface area contributed by atoms with Gasteiger partial charge in [-0.05, 0) is 149 Å². The molecule has 0 fully saturated rings. The summed E-state index contributed by atoms with van der Waals surface area (Å²) in [6.45, 7) is 36.3. The molecule has 8 aromatic rings. The summed E-state index contributed by atoms with van der Waals surface area (Å²) in [5, 5.41) is 8.77. The third-order valence-corrected chi connectivity index (χ3v) is 16.3. The number of allylic oxidation sites excluding steroid dienone is 8. The molecule has 88 heavy (non-hydrogen) atoms. The van der Waals surface area contributed by atoms with E-state index in [9.17, 15) is 0 Å². The van der Waals surface area contributed by atoms with E-state index in [0.717, 1.165) is 83.7 Å². The van der Waals surface area contributed by atoms with Gasteiger partial charge in [-0.25, -0.2) is 4.98 Å². The Hall–Kier alpha value is -8.06. The van der Waals surface area contributed by atoms with Gasteiger partial charge in [-0.2, -0.15) is 23.9 Å². The van der Waals surface area contributed by atoms with E-state index < -0.39 is 0 Å². The van der Waals surface area contributed by atoms with Crippen LogP contribution in [0.2, 0.25) is 0 Å². The number of hydrogen-bond acceptors (Lipinski definition) is 7. The van der Waals surface area contributed by atoms with Gasteiger partial charge >= 0.3 is 0 Å². The fourth-order valence-corrected chi connectivity index (χ4v) is 11.5. The van der Waals surface area contributed by atoms with Crippen molar-refractivity contribution in [3.63, 3.8) is 0 Å². The largest absolute Gasteiger partial charge is 0.503 e. The topological polar surface area (TPSA) is 70.5 Å². The number of benzene rings is 5. The van der Waals surface area contributed by atoms with E-state index in [1.54, 1.807) is 0 Å². The Morgan fingerprint density at radius 3 is 1.67 bits per heavy atom. The standard InChI is InChI=1S/C77H80B2N7O.Pt/c1-73(2,3)51-31-34-65-57(43-51)56-33-32-55(49-68(56)86(65)69-46-52(35-42-82-69)74(4,5)6)87-70-48-54(47-64(83-70)71-60(76(10,11)12)25-22-26-61(71)77(13,14)15)84-50-85(67-30-17-16-29-66(67)84)72-58(62-27-23-40-80-38-20-18-36-78-62)44-53(75(7,8)9)45-59(72)63-28-24-41-81-39-21-19-37-79-63;/h16-47,50,80-81H,1-15H3;/q-3;/b36-18-,37-19-,38-20-,39-21-,40-23-,41-24-,62-27-,63-28-;. The minimum Gasteiger partial charge on any atom is -0.503 e. The Labute approximate surface area is 539 Å². The number of nitrogens with one attached hydrogen (secondary N) is 2. The molecule has 3 aliphatic heterocycles. The fourth-order valence-electron chi connectivity index (χ4n) is 11.5. The van der Waals surface area contributed by atoms with E-state index in [2.05, 4.69) is 308 Å². The van der Waals surface area contributed by atoms with Crippen molar-refractivity contribution in [1.82, 2.24) is 25.2 Å². The maximum atomic E-state index is 7.19. The van der Waals surface area contributed by atoms with Gasteiger partial charge in [0.1, 0.15) is 11.7 Å². The third-order valence-electron chi connectivity index (χ3n) is 16.3. The number of ether oxygens (including phenoxy) is 1. The minimum atomic E-state index is -0.235. The van der Waals surface area contributed by atoms with Gasteiger partial charge in [-0.1, -0.05) is 187 Å². The number of fused-ring (bicyclic) bond motifs is 4. The number of rotatable bonds is 8. The first-order chi connectivity index (χ1) is 41.3. The summed E-state index contributed by atoms with van der Waals surface area (Å²) in [6, 6.07) is 45.2. The molecule has 0 bridgehead atoms. The van der Waals surface area contributed by atoms with Crippen molar-refractivity contribution in [2.45, 2.75) is 131 Å². The molecule has 448 valence electrons. The Bertz CT molecular complexity index is 4110. The SMILES string of the molecule is CC(C)(C)c1ccnc(-n2c3[c-]c(Oc4[c-]c(N5[CH-]N(c6c(/C7=C/C=C\N/C=C\C=C/[B]7)cc(C(C)(C)C)cc6/C6=C/C=C\N/C=C\C=C/[B]6)c6ccccc65)cc(-c5c(C(C)(C)C)cccc5C(C)(C)C)n4)ccc3c3cc(C(C)(C)C)ccc32)c1.[Pt]. The molecule has 5 aromatic carbocycles. The molecule has 0 amide bonds. The van der Waals surface area contributed by atoms with E-state index in [1.807, 2.05) is 49.2 Å². The van der Waals surface area contributed by atoms with Crippen LogP contribution >= 0.6 is 0 Å². The van der Waals surface area contributed by atoms with Crippen LogP contribution in [0.3, 0.4) is 0 Å². The Morgan fingerprint density at radius 2 is 1.09 bits per heavy atom. The predicted molar refractivity (Wildman–Crippen MR) is 370 cm³/mol. The zero-order valence-corrected chi connectivity index (χ0v) is 55.9. The average molecular weight is 1340 g/mol. The van der Waals surface area contributed by atoms with Crippen molar-refractivity contribution in [2.75, 3.05) is 9.80 Å². The number of para-hydroxylation sites is 2. The molecule has 0 spiro atoms. The Morgan fingerprint density at radius 1 is 0.523 bits per heavy atom. The molecule has 0 saturated carbocycles. The molecule has 0 aliphatic carbocycles. The molecule has 0 saturated heterocycles. The molecule has 8 nitrogen and oxygen atoms in total. The van der Waals surface area contributed by atoms with E-state index in [-0.39, 0.29) is 48.1 Å². The fraction of sp³-hybridized carbons (Fsp3) is 0.260. The van der Waals surface area contributed by atoms with Crippen LogP contribution in [0.5, 0.6) is 11.6 Å². The van der Waals surface area contributed by atoms with Crippen LogP contribution in [0.4, 0.5) is 22.7 Å². The molecule has 3 aliphatic rings. The molecule has 3 aromatic heterocycles. The van der Waals surface area contributed by atoms with E-state index in [0.29, 0.717) is 11.6 Å². The summed E-state index contributed by atoms with van der Waals surface area (Å²) in [5.74, 6) is 5.87. The van der Waals surface area contributed by atoms with Gasteiger partial charge in [0.25, 0.3) is 0 Å². The number of pyridine rings is 2. The molecule has 6 heterocycles. The first-order valence-electron chi connectivity index (χ1n) is 30.4. The second kappa shape index (κ2) is 24.8. The quantitative estimate of drug-likeness (QED) is 0.116. The zero-order chi connectivity index (χ0) is 61.6. The van der Waals surface area contributed by atoms with Gasteiger partial charge in [-0.15, -0.1) is 36.1 Å². The van der Waals surface area contributed by atoms with Crippen molar-refractivity contribution in [3.8, 4) is 28.7 Å². The Balaban J connectivity index is 0.00000855. The molecular formula is C77H80B2N7OPt-3. The second-order valence-corrected chi connectivity index (χ2v) is 28.0. The van der Waals surface area contributed by atoms with Crippen LogP contribution in [0.25, 0.3) is 49.8 Å². The van der Waals surface area contributed by atoms with Gasteiger partial charge in [0.05, 0.1) is 0 Å². The van der Waals surface area contributed by atoms with Crippen molar-refractivity contribution >= 4 is 70.1 Å². The van der Waals surface area contributed by atoms with Crippen LogP contribution in [0.1, 0.15) is 143 Å². The molecule has 0 unspecified atom stereocenters. The van der Waals surface area contributed by atoms with Crippen LogP contribution < -0.4 is 25.2 Å². The number of nitrogens with zero attached hydrogens (tertiary/aromatic N) is 5. The summed E-state index contributed by atoms with van der Waals surface area (Å²) in [4.78, 5) is 15.2. The summed E-state index contributed by atoms with van der Waals surface area (Å²) in [7, 11) is 4.41. The van der Waals surface area contributed by atoms with Crippen LogP contribution in [-0.2, 0) is 48.1 Å². The number of hydrogen-bond donors (Lipinski definition) is 2. The number of anilines is 4. The summed E-state index contributed by atoms with van der Waals surface area (Å²) in [5.41, 5.74) is 17.0. The average Bonchev–Trinajstić information content (AvgIpc) is 1.61. The first kappa shape index (κ1) is 63.0. The van der Waals surface area contributed by atoms with Crippen molar-refractivity contribution in [2.24, 2.45) is 0 Å². The van der Waals surface area contributed by atoms with E-state index in [4.69, 9.17) is 14.7 Å². The molecule has 2 radical (unpaired) electrons. The molecule has 11 heteroatoms. The van der Waals surface area contributed by atoms with Crippen LogP contribution in [-0.4, -0.2) is 29.1 Å². The van der Waals surface area contributed by atoms with Crippen molar-refractivity contribution in [1.29, 1.82) is 0 Å². The molecule has 2 N–H and O–H groups in total. The van der Waals surface area contributed by atoms with Crippen molar-refractivity contribution in [3.05, 3.63) is 252 Å². The second-order valence-electron chi connectivity index (χ2n) is 28.0. The maximum Gasteiger partial charge on any atom is 0.182 e. The van der Waals surface area contributed by atoms with E-state index >= 15 is 0 Å². The smallest absolute Gasteiger partial charge is 0.182 e. The molecule has 11 rings (SSSR count). The molecular weight excluding hydrogens is 1260 g/mol. The predicted octanol–water partition coefficient (Wildman–Crippen LogP) is 18.9.